The van der Waals surface area contributed by atoms with Gasteiger partial charge in [0.05, 0.1) is 0 Å². The maximum atomic E-state index is 3.77. The third kappa shape index (κ3) is 1.46. The zero-order valence-corrected chi connectivity index (χ0v) is 5.38. The van der Waals surface area contributed by atoms with Crippen LogP contribution in [0.5, 0.6) is 0 Å². The van der Waals surface area contributed by atoms with E-state index in [0.29, 0.717) is 0 Å². The van der Waals surface area contributed by atoms with Gasteiger partial charge in [0, 0.05) is 18.9 Å². The zero-order valence-electron chi connectivity index (χ0n) is 5.38. The highest BCUT2D eigenvalue weighted by molar-refractivity contribution is 5.13. The molecule has 1 heteroatoms. The maximum absolute atomic E-state index is 3.77. The van der Waals surface area contributed by atoms with Gasteiger partial charge in [-0.1, -0.05) is 6.08 Å². The molecular formula is C8H10N. The Hall–Kier alpha value is -0.980. The lowest BCUT2D eigenvalue weighted by atomic mass is 10.4. The molecule has 0 aromatic carbocycles. The molecule has 0 bridgehead atoms. The normalized spacial score (nSPS) is 9.44. The van der Waals surface area contributed by atoms with Crippen molar-refractivity contribution in [2.24, 2.45) is 0 Å². The van der Waals surface area contributed by atoms with Crippen LogP contribution in [-0.2, 0) is 6.54 Å². The summed E-state index contributed by atoms with van der Waals surface area (Å²) in [4.78, 5) is 0. The predicted molar refractivity (Wildman–Crippen MR) is 39.1 cm³/mol. The van der Waals surface area contributed by atoms with E-state index in [1.807, 2.05) is 29.1 Å². The summed E-state index contributed by atoms with van der Waals surface area (Å²) in [6.07, 6.45) is 5.84. The minimum atomic E-state index is 0.871. The van der Waals surface area contributed by atoms with E-state index >= 15 is 0 Å². The number of hydrogen-bond acceptors (Lipinski definition) is 0. The Morgan fingerprint density at radius 3 is 2.89 bits per heavy atom. The van der Waals surface area contributed by atoms with Crippen LogP contribution in [0, 0.1) is 6.92 Å². The second-order valence-corrected chi connectivity index (χ2v) is 2.01. The van der Waals surface area contributed by atoms with Crippen molar-refractivity contribution in [3.05, 3.63) is 43.6 Å². The Morgan fingerprint density at radius 1 is 1.67 bits per heavy atom. The molecule has 0 amide bonds. The topological polar surface area (TPSA) is 4.93 Å². The fourth-order valence-electron chi connectivity index (χ4n) is 0.753. The summed E-state index contributed by atoms with van der Waals surface area (Å²) in [5, 5.41) is 0. The highest BCUT2D eigenvalue weighted by Gasteiger charge is 1.85. The van der Waals surface area contributed by atoms with Gasteiger partial charge in [-0.3, -0.25) is 0 Å². The molecule has 0 unspecified atom stereocenters. The molecule has 9 heavy (non-hydrogen) atoms. The number of hydrogen-bond donors (Lipinski definition) is 0. The van der Waals surface area contributed by atoms with Crippen molar-refractivity contribution in [3.8, 4) is 0 Å². The van der Waals surface area contributed by atoms with Gasteiger partial charge < -0.3 is 4.57 Å². The first kappa shape index (κ1) is 6.14. The molecule has 0 saturated carbocycles. The predicted octanol–water partition coefficient (Wildman–Crippen LogP) is 1.86. The monoisotopic (exact) mass is 120 g/mol. The van der Waals surface area contributed by atoms with E-state index in [2.05, 4.69) is 13.5 Å². The lowest BCUT2D eigenvalue weighted by molar-refractivity contribution is 0.831. The number of allylic oxidation sites excluding steroid dienone is 1. The van der Waals surface area contributed by atoms with Gasteiger partial charge in [-0.2, -0.15) is 0 Å². The first-order chi connectivity index (χ1) is 4.33. The van der Waals surface area contributed by atoms with Gasteiger partial charge in [-0.15, -0.1) is 6.58 Å². The lowest BCUT2D eigenvalue weighted by Crippen LogP contribution is -1.87. The third-order valence-electron chi connectivity index (χ3n) is 1.15. The summed E-state index contributed by atoms with van der Waals surface area (Å²) in [6.45, 7) is 8.26. The van der Waals surface area contributed by atoms with Gasteiger partial charge in [0.15, 0.2) is 0 Å². The highest BCUT2D eigenvalue weighted by Crippen LogP contribution is 1.97. The van der Waals surface area contributed by atoms with Crippen LogP contribution in [0.15, 0.2) is 31.1 Å². The van der Waals surface area contributed by atoms with Crippen molar-refractivity contribution in [2.75, 3.05) is 0 Å². The molecule has 0 atom stereocenters. The highest BCUT2D eigenvalue weighted by atomic mass is 14.9. The average Bonchev–Trinajstić information content (AvgIpc) is 2.17. The molecule has 0 fully saturated rings. The molecular weight excluding hydrogens is 110 g/mol. The Bertz CT molecular complexity index is 198. The number of rotatable bonds is 2. The summed E-state index contributed by atoms with van der Waals surface area (Å²) in [6, 6.07) is 1.98. The van der Waals surface area contributed by atoms with E-state index in [1.54, 1.807) is 0 Å². The van der Waals surface area contributed by atoms with Crippen LogP contribution < -0.4 is 0 Å². The molecule has 0 N–H and O–H groups in total. The summed E-state index contributed by atoms with van der Waals surface area (Å²) >= 11 is 0. The van der Waals surface area contributed by atoms with Crippen LogP contribution in [0.2, 0.25) is 0 Å². The molecule has 1 rings (SSSR count). The van der Waals surface area contributed by atoms with Crippen LogP contribution in [0.4, 0.5) is 0 Å². The molecule has 0 aliphatic carbocycles. The van der Waals surface area contributed by atoms with Gasteiger partial charge >= 0.3 is 0 Å². The number of nitrogens with zero attached hydrogens (tertiary/aromatic N) is 1. The zero-order chi connectivity index (χ0) is 6.69. The van der Waals surface area contributed by atoms with Crippen LogP contribution in [0.25, 0.3) is 0 Å². The van der Waals surface area contributed by atoms with E-state index < -0.39 is 0 Å². The van der Waals surface area contributed by atoms with E-state index in [1.165, 1.54) is 0 Å². The van der Waals surface area contributed by atoms with E-state index in [-0.39, 0.29) is 0 Å². The summed E-state index contributed by atoms with van der Waals surface area (Å²) < 4.78 is 2.04. The quantitative estimate of drug-likeness (QED) is 0.525. The molecule has 1 aromatic heterocycles. The van der Waals surface area contributed by atoms with Gasteiger partial charge in [0.1, 0.15) is 0 Å². The molecule has 1 heterocycles. The Morgan fingerprint density at radius 2 is 2.44 bits per heavy atom. The smallest absolute Gasteiger partial charge is 0.0397 e. The molecule has 1 nitrogen and oxygen atoms in total. The summed E-state index contributed by atoms with van der Waals surface area (Å²) in [5.74, 6) is 0. The van der Waals surface area contributed by atoms with Gasteiger partial charge in [-0.05, 0) is 18.6 Å². The van der Waals surface area contributed by atoms with E-state index in [4.69, 9.17) is 0 Å². The molecule has 1 aromatic rings. The molecule has 1 radical (unpaired) electrons. The third-order valence-corrected chi connectivity index (χ3v) is 1.15. The van der Waals surface area contributed by atoms with Gasteiger partial charge in [0.2, 0.25) is 0 Å². The standard InChI is InChI=1S/C8H10N/c1-3-5-9-6-4-8(2)7-9/h3-4,6-7H,1-2,5H2. The average molecular weight is 120 g/mol. The van der Waals surface area contributed by atoms with Crippen molar-refractivity contribution in [1.82, 2.24) is 4.57 Å². The van der Waals surface area contributed by atoms with Crippen LogP contribution in [0.3, 0.4) is 0 Å². The van der Waals surface area contributed by atoms with Crippen molar-refractivity contribution < 1.29 is 0 Å². The Kier molecular flexibility index (Phi) is 1.73. The first-order valence-corrected chi connectivity index (χ1v) is 2.91. The van der Waals surface area contributed by atoms with Gasteiger partial charge in [0.25, 0.3) is 0 Å². The maximum Gasteiger partial charge on any atom is 0.0397 e. The largest absolute Gasteiger partial charge is 0.350 e. The SMILES string of the molecule is [CH2]c1ccn(CC=C)c1. The molecule has 47 valence electrons. The second kappa shape index (κ2) is 2.53. The Balaban J connectivity index is 2.72. The van der Waals surface area contributed by atoms with Crippen molar-refractivity contribution in [3.63, 3.8) is 0 Å². The number of aromatic nitrogens is 1. The first-order valence-electron chi connectivity index (χ1n) is 2.91. The second-order valence-electron chi connectivity index (χ2n) is 2.01. The van der Waals surface area contributed by atoms with Crippen molar-refractivity contribution in [1.29, 1.82) is 0 Å². The Labute approximate surface area is 55.6 Å². The fourth-order valence-corrected chi connectivity index (χ4v) is 0.753. The van der Waals surface area contributed by atoms with Crippen molar-refractivity contribution >= 4 is 0 Å². The lowest BCUT2D eigenvalue weighted by Gasteiger charge is -1.92. The van der Waals surface area contributed by atoms with Crippen LogP contribution in [0.1, 0.15) is 5.56 Å². The molecule has 0 aliphatic rings. The van der Waals surface area contributed by atoms with Gasteiger partial charge in [-0.25, -0.2) is 0 Å². The summed E-state index contributed by atoms with van der Waals surface area (Å²) in [5.41, 5.74) is 1.05. The molecule has 0 spiro atoms. The fraction of sp³-hybridized carbons (Fsp3) is 0.125. The van der Waals surface area contributed by atoms with Crippen molar-refractivity contribution in [2.45, 2.75) is 6.54 Å². The van der Waals surface area contributed by atoms with E-state index in [9.17, 15) is 0 Å². The summed E-state index contributed by atoms with van der Waals surface area (Å²) in [7, 11) is 0. The van der Waals surface area contributed by atoms with Crippen LogP contribution >= 0.6 is 0 Å². The molecule has 0 aliphatic heterocycles. The minimum absolute atomic E-state index is 0.871. The minimum Gasteiger partial charge on any atom is -0.350 e. The van der Waals surface area contributed by atoms with E-state index in [0.717, 1.165) is 12.1 Å². The molecule has 0 saturated heterocycles. The van der Waals surface area contributed by atoms with Crippen LogP contribution in [-0.4, -0.2) is 4.57 Å².